The van der Waals surface area contributed by atoms with Crippen LogP contribution in [0.15, 0.2) is 0 Å². The Balaban J connectivity index is 2.35. The van der Waals surface area contributed by atoms with Crippen molar-refractivity contribution in [3.8, 4) is 0 Å². The Morgan fingerprint density at radius 1 is 1.28 bits per heavy atom. The highest BCUT2D eigenvalue weighted by atomic mass is 16.4. The molecule has 0 aliphatic heterocycles. The maximum atomic E-state index is 12.0. The van der Waals surface area contributed by atoms with Crippen LogP contribution >= 0.6 is 0 Å². The largest absolute Gasteiger partial charge is 0.481 e. The number of hydrogen-bond donors (Lipinski definition) is 2. The molecule has 1 rings (SSSR count). The third-order valence-corrected chi connectivity index (χ3v) is 3.61. The van der Waals surface area contributed by atoms with Crippen molar-refractivity contribution >= 4 is 12.0 Å². The molecule has 0 saturated heterocycles. The first-order chi connectivity index (χ1) is 8.52. The quantitative estimate of drug-likeness (QED) is 0.791. The molecule has 0 aromatic rings. The molecule has 18 heavy (non-hydrogen) atoms. The minimum Gasteiger partial charge on any atom is -0.481 e. The minimum absolute atomic E-state index is 0.00294. The molecule has 1 fully saturated rings. The zero-order valence-corrected chi connectivity index (χ0v) is 11.3. The van der Waals surface area contributed by atoms with Crippen LogP contribution in [0.25, 0.3) is 0 Å². The molecule has 1 saturated carbocycles. The smallest absolute Gasteiger partial charge is 0.317 e. The van der Waals surface area contributed by atoms with Gasteiger partial charge in [0.1, 0.15) is 0 Å². The van der Waals surface area contributed by atoms with Gasteiger partial charge in [-0.05, 0) is 38.5 Å². The Labute approximate surface area is 109 Å². The average Bonchev–Trinajstić information content (AvgIpc) is 2.32. The molecule has 0 radical (unpaired) electrons. The van der Waals surface area contributed by atoms with Crippen LogP contribution in [0, 0.1) is 5.92 Å². The molecule has 0 heterocycles. The highest BCUT2D eigenvalue weighted by Gasteiger charge is 2.21. The molecule has 5 heteroatoms. The van der Waals surface area contributed by atoms with Gasteiger partial charge in [0.2, 0.25) is 0 Å². The van der Waals surface area contributed by atoms with Gasteiger partial charge < -0.3 is 15.3 Å². The summed E-state index contributed by atoms with van der Waals surface area (Å²) in [5, 5.41) is 11.6. The molecular formula is C13H24N2O3. The lowest BCUT2D eigenvalue weighted by Gasteiger charge is -2.29. The maximum absolute atomic E-state index is 12.0. The van der Waals surface area contributed by atoms with E-state index in [0.29, 0.717) is 6.54 Å². The predicted molar refractivity (Wildman–Crippen MR) is 69.5 cm³/mol. The predicted octanol–water partition coefficient (Wildman–Crippen LogP) is 2.07. The van der Waals surface area contributed by atoms with Crippen molar-refractivity contribution in [2.45, 2.75) is 52.0 Å². The van der Waals surface area contributed by atoms with E-state index in [1.54, 1.807) is 4.90 Å². The van der Waals surface area contributed by atoms with Crippen LogP contribution in [0.3, 0.4) is 0 Å². The van der Waals surface area contributed by atoms with Crippen molar-refractivity contribution < 1.29 is 14.7 Å². The second-order valence-electron chi connectivity index (χ2n) is 5.13. The fourth-order valence-corrected chi connectivity index (χ4v) is 2.30. The lowest BCUT2D eigenvalue weighted by Crippen LogP contribution is -2.46. The van der Waals surface area contributed by atoms with E-state index in [0.717, 1.165) is 31.6 Å². The normalized spacial score (nSPS) is 23.4. The van der Waals surface area contributed by atoms with Crippen molar-refractivity contribution in [2.24, 2.45) is 5.92 Å². The molecule has 0 aromatic heterocycles. The fourth-order valence-electron chi connectivity index (χ4n) is 2.30. The summed E-state index contributed by atoms with van der Waals surface area (Å²) in [7, 11) is 0. The van der Waals surface area contributed by atoms with Crippen LogP contribution in [0.1, 0.15) is 46.0 Å². The van der Waals surface area contributed by atoms with E-state index in [9.17, 15) is 9.59 Å². The van der Waals surface area contributed by atoms with Crippen molar-refractivity contribution in [1.29, 1.82) is 0 Å². The number of amides is 2. The number of carboxylic acid groups (broad SMARTS) is 1. The van der Waals surface area contributed by atoms with Gasteiger partial charge in [-0.25, -0.2) is 4.79 Å². The maximum Gasteiger partial charge on any atom is 0.317 e. The number of carbonyl (C=O) groups is 2. The van der Waals surface area contributed by atoms with Crippen LogP contribution in [0.5, 0.6) is 0 Å². The lowest BCUT2D eigenvalue weighted by atomic mass is 9.87. The van der Waals surface area contributed by atoms with Gasteiger partial charge in [0.05, 0.1) is 6.42 Å². The van der Waals surface area contributed by atoms with Crippen LogP contribution in [-0.2, 0) is 4.79 Å². The average molecular weight is 256 g/mol. The Bertz CT molecular complexity index is 286. The van der Waals surface area contributed by atoms with Crippen LogP contribution in [0.4, 0.5) is 4.79 Å². The molecule has 1 aliphatic rings. The molecule has 0 bridgehead atoms. The highest BCUT2D eigenvalue weighted by molar-refractivity contribution is 5.75. The van der Waals surface area contributed by atoms with Gasteiger partial charge in [-0.15, -0.1) is 0 Å². The van der Waals surface area contributed by atoms with Crippen LogP contribution < -0.4 is 5.32 Å². The van der Waals surface area contributed by atoms with E-state index in [4.69, 9.17) is 5.11 Å². The summed E-state index contributed by atoms with van der Waals surface area (Å²) in [6.07, 6.45) is 4.38. The number of hydrogen-bond acceptors (Lipinski definition) is 2. The van der Waals surface area contributed by atoms with Crippen LogP contribution in [-0.4, -0.2) is 41.1 Å². The summed E-state index contributed by atoms with van der Waals surface area (Å²) in [6.45, 7) is 4.93. The fraction of sp³-hybridized carbons (Fsp3) is 0.846. The molecular weight excluding hydrogens is 232 g/mol. The van der Waals surface area contributed by atoms with Crippen molar-refractivity contribution in [3.63, 3.8) is 0 Å². The third kappa shape index (κ3) is 4.94. The topological polar surface area (TPSA) is 69.6 Å². The lowest BCUT2D eigenvalue weighted by molar-refractivity contribution is -0.137. The molecule has 0 atom stereocenters. The Morgan fingerprint density at radius 3 is 2.39 bits per heavy atom. The summed E-state index contributed by atoms with van der Waals surface area (Å²) < 4.78 is 0. The Hall–Kier alpha value is -1.26. The van der Waals surface area contributed by atoms with Crippen molar-refractivity contribution in [2.75, 3.05) is 13.1 Å². The number of rotatable bonds is 5. The van der Waals surface area contributed by atoms with E-state index in [1.807, 2.05) is 6.92 Å². The summed E-state index contributed by atoms with van der Waals surface area (Å²) in [4.78, 5) is 24.0. The molecule has 0 unspecified atom stereocenters. The third-order valence-electron chi connectivity index (χ3n) is 3.61. The van der Waals surface area contributed by atoms with E-state index in [1.165, 1.54) is 0 Å². The standard InChI is InChI=1S/C13H24N2O3/c1-3-15(9-8-12(16)17)13(18)14-11-6-4-10(2)5-7-11/h10-11H,3-9H2,1-2H3,(H,14,18)(H,16,17). The monoisotopic (exact) mass is 256 g/mol. The van der Waals surface area contributed by atoms with Crippen molar-refractivity contribution in [1.82, 2.24) is 10.2 Å². The molecule has 104 valence electrons. The van der Waals surface area contributed by atoms with E-state index >= 15 is 0 Å². The van der Waals surface area contributed by atoms with Gasteiger partial charge in [-0.2, -0.15) is 0 Å². The van der Waals surface area contributed by atoms with E-state index < -0.39 is 5.97 Å². The highest BCUT2D eigenvalue weighted by Crippen LogP contribution is 2.23. The minimum atomic E-state index is -0.868. The number of carbonyl (C=O) groups excluding carboxylic acids is 1. The molecule has 0 aromatic carbocycles. The van der Waals surface area contributed by atoms with Crippen LogP contribution in [0.2, 0.25) is 0 Å². The molecule has 2 N–H and O–H groups in total. The first-order valence-corrected chi connectivity index (χ1v) is 6.80. The summed E-state index contributed by atoms with van der Waals surface area (Å²) in [6, 6.07) is 0.130. The first kappa shape index (κ1) is 14.8. The molecule has 0 spiro atoms. The Kier molecular flexibility index (Phi) is 5.95. The molecule has 1 aliphatic carbocycles. The summed E-state index contributed by atoms with van der Waals surface area (Å²) >= 11 is 0. The van der Waals surface area contributed by atoms with Gasteiger partial charge in [0.15, 0.2) is 0 Å². The zero-order valence-electron chi connectivity index (χ0n) is 11.3. The van der Waals surface area contributed by atoms with E-state index in [-0.39, 0.29) is 25.0 Å². The SMILES string of the molecule is CCN(CCC(=O)O)C(=O)NC1CCC(C)CC1. The second-order valence-corrected chi connectivity index (χ2v) is 5.13. The van der Waals surface area contributed by atoms with Gasteiger partial charge in [-0.3, -0.25) is 4.79 Å². The van der Waals surface area contributed by atoms with Gasteiger partial charge in [0, 0.05) is 19.1 Å². The number of aliphatic carboxylic acids is 1. The number of carboxylic acids is 1. The number of nitrogens with zero attached hydrogens (tertiary/aromatic N) is 1. The van der Waals surface area contributed by atoms with Gasteiger partial charge >= 0.3 is 12.0 Å². The summed E-state index contributed by atoms with van der Waals surface area (Å²) in [5.41, 5.74) is 0. The second kappa shape index (κ2) is 7.24. The first-order valence-electron chi connectivity index (χ1n) is 6.80. The van der Waals surface area contributed by atoms with Gasteiger partial charge in [0.25, 0.3) is 0 Å². The molecule has 5 nitrogen and oxygen atoms in total. The number of nitrogens with one attached hydrogen (secondary N) is 1. The summed E-state index contributed by atoms with van der Waals surface area (Å²) in [5.74, 6) is -0.111. The van der Waals surface area contributed by atoms with Gasteiger partial charge in [-0.1, -0.05) is 6.92 Å². The Morgan fingerprint density at radius 2 is 1.89 bits per heavy atom. The van der Waals surface area contributed by atoms with Crippen molar-refractivity contribution in [3.05, 3.63) is 0 Å². The zero-order chi connectivity index (χ0) is 13.5. The van der Waals surface area contributed by atoms with E-state index in [2.05, 4.69) is 12.2 Å². The number of urea groups is 1. The molecule has 2 amide bonds.